The van der Waals surface area contributed by atoms with Crippen LogP contribution in [0.5, 0.6) is 0 Å². The van der Waals surface area contributed by atoms with Gasteiger partial charge in [0.2, 0.25) is 0 Å². The Balaban J connectivity index is 3.12. The summed E-state index contributed by atoms with van der Waals surface area (Å²) in [5.74, 6) is -1.02. The first-order valence-electron chi connectivity index (χ1n) is 10.9. The molecule has 0 fully saturated rings. The van der Waals surface area contributed by atoms with Gasteiger partial charge in [-0.3, -0.25) is 4.79 Å². The number of allylic oxidation sites excluding steroid dienone is 1. The van der Waals surface area contributed by atoms with Gasteiger partial charge in [-0.05, 0) is 19.3 Å². The minimum Gasteiger partial charge on any atom is -0.481 e. The molecule has 0 bridgehead atoms. The van der Waals surface area contributed by atoms with E-state index in [1.165, 1.54) is 83.1 Å². The van der Waals surface area contributed by atoms with Crippen molar-refractivity contribution in [2.45, 2.75) is 109 Å². The summed E-state index contributed by atoms with van der Waals surface area (Å²) in [4.78, 5) is 21.4. The number of aliphatic carboxylic acids is 1. The molecule has 0 heterocycles. The van der Waals surface area contributed by atoms with E-state index in [-0.39, 0.29) is 5.97 Å². The average Bonchev–Trinajstić information content (AvgIpc) is 2.63. The minimum atomic E-state index is -0.671. The van der Waals surface area contributed by atoms with Gasteiger partial charge in [-0.1, -0.05) is 96.1 Å². The fourth-order valence-corrected chi connectivity index (χ4v) is 3.14. The molecule has 0 saturated heterocycles. The van der Waals surface area contributed by atoms with Crippen molar-refractivity contribution >= 4 is 11.9 Å². The second kappa shape index (κ2) is 20.7. The zero-order chi connectivity index (χ0) is 20.0. The molecule has 4 nitrogen and oxygen atoms in total. The summed E-state index contributed by atoms with van der Waals surface area (Å²) < 4.78 is 4.60. The van der Waals surface area contributed by atoms with Crippen molar-refractivity contribution < 1.29 is 19.4 Å². The lowest BCUT2D eigenvalue weighted by molar-refractivity contribution is -0.137. The number of unbranched alkanes of at least 4 members (excludes halogenated alkanes) is 15. The van der Waals surface area contributed by atoms with E-state index in [9.17, 15) is 9.59 Å². The summed E-state index contributed by atoms with van der Waals surface area (Å²) in [6.07, 6.45) is 24.4. The van der Waals surface area contributed by atoms with E-state index in [2.05, 4.69) is 11.3 Å². The van der Waals surface area contributed by atoms with Crippen molar-refractivity contribution in [2.24, 2.45) is 0 Å². The molecule has 0 amide bonds. The molecule has 0 spiro atoms. The van der Waals surface area contributed by atoms with Gasteiger partial charge in [0.25, 0.3) is 0 Å². The number of rotatable bonds is 20. The molecule has 0 atom stereocenters. The monoisotopic (exact) mass is 380 g/mol. The van der Waals surface area contributed by atoms with E-state index in [0.717, 1.165) is 31.9 Å². The normalized spacial score (nSPS) is 11.0. The molecule has 0 aromatic rings. The topological polar surface area (TPSA) is 63.6 Å². The van der Waals surface area contributed by atoms with Crippen molar-refractivity contribution in [3.05, 3.63) is 25.0 Å². The SMILES string of the molecule is C=COC(=O)C=CCCCCCCCCCCCCCCCCCC(=O)O. The van der Waals surface area contributed by atoms with Crippen LogP contribution in [-0.2, 0) is 14.3 Å². The van der Waals surface area contributed by atoms with E-state index in [4.69, 9.17) is 5.11 Å². The molecule has 156 valence electrons. The molecule has 0 aliphatic heterocycles. The highest BCUT2D eigenvalue weighted by Crippen LogP contribution is 2.14. The highest BCUT2D eigenvalue weighted by atomic mass is 16.5. The Bertz CT molecular complexity index is 401. The number of hydrogen-bond acceptors (Lipinski definition) is 3. The van der Waals surface area contributed by atoms with Gasteiger partial charge in [0, 0.05) is 12.5 Å². The first kappa shape index (κ1) is 25.4. The lowest BCUT2D eigenvalue weighted by atomic mass is 10.0. The number of carboxylic acid groups (broad SMARTS) is 1. The number of hydrogen-bond donors (Lipinski definition) is 1. The smallest absolute Gasteiger partial charge is 0.335 e. The summed E-state index contributed by atoms with van der Waals surface area (Å²) in [6, 6.07) is 0. The molecule has 0 saturated carbocycles. The number of carbonyl (C=O) groups is 2. The van der Waals surface area contributed by atoms with Gasteiger partial charge in [-0.2, -0.15) is 0 Å². The molecule has 0 unspecified atom stereocenters. The number of carboxylic acids is 1. The van der Waals surface area contributed by atoms with Gasteiger partial charge in [0.15, 0.2) is 0 Å². The summed E-state index contributed by atoms with van der Waals surface area (Å²) in [7, 11) is 0. The quantitative estimate of drug-likeness (QED) is 0.107. The fourth-order valence-electron chi connectivity index (χ4n) is 3.14. The molecule has 1 N–H and O–H groups in total. The van der Waals surface area contributed by atoms with E-state index in [0.29, 0.717) is 6.42 Å². The van der Waals surface area contributed by atoms with Gasteiger partial charge in [-0.25, -0.2) is 4.79 Å². The third kappa shape index (κ3) is 22.4. The van der Waals surface area contributed by atoms with E-state index >= 15 is 0 Å². The molecule has 27 heavy (non-hydrogen) atoms. The average molecular weight is 381 g/mol. The molecule has 0 aliphatic rings. The molecule has 0 aromatic carbocycles. The van der Waals surface area contributed by atoms with Crippen molar-refractivity contribution in [1.29, 1.82) is 0 Å². The van der Waals surface area contributed by atoms with Crippen LogP contribution in [-0.4, -0.2) is 17.0 Å². The number of ether oxygens (including phenoxy) is 1. The largest absolute Gasteiger partial charge is 0.481 e. The fraction of sp³-hybridized carbons (Fsp3) is 0.739. The zero-order valence-electron chi connectivity index (χ0n) is 17.1. The molecule has 0 aromatic heterocycles. The maximum atomic E-state index is 11.0. The van der Waals surface area contributed by atoms with Crippen molar-refractivity contribution in [2.75, 3.05) is 0 Å². The van der Waals surface area contributed by atoms with E-state index in [1.54, 1.807) is 0 Å². The Kier molecular flexibility index (Phi) is 19.5. The predicted octanol–water partition coefficient (Wildman–Crippen LogP) is 6.95. The van der Waals surface area contributed by atoms with Crippen molar-refractivity contribution in [3.63, 3.8) is 0 Å². The zero-order valence-corrected chi connectivity index (χ0v) is 17.1. The first-order valence-corrected chi connectivity index (χ1v) is 10.9. The van der Waals surface area contributed by atoms with Crippen LogP contribution in [0, 0.1) is 0 Å². The third-order valence-corrected chi connectivity index (χ3v) is 4.71. The van der Waals surface area contributed by atoms with Gasteiger partial charge < -0.3 is 9.84 Å². The molecular formula is C23H40O4. The maximum Gasteiger partial charge on any atom is 0.335 e. The number of esters is 1. The Labute approximate surface area is 166 Å². The molecule has 0 radical (unpaired) electrons. The number of carbonyl (C=O) groups excluding carboxylic acids is 1. The van der Waals surface area contributed by atoms with Crippen LogP contribution in [0.1, 0.15) is 109 Å². The lowest BCUT2D eigenvalue weighted by Gasteiger charge is -2.03. The van der Waals surface area contributed by atoms with Crippen molar-refractivity contribution in [3.8, 4) is 0 Å². The predicted molar refractivity (Wildman–Crippen MR) is 112 cm³/mol. The Morgan fingerprint density at radius 2 is 1.11 bits per heavy atom. The summed E-state index contributed by atoms with van der Waals surface area (Å²) in [6.45, 7) is 3.34. The van der Waals surface area contributed by atoms with Crippen LogP contribution >= 0.6 is 0 Å². The van der Waals surface area contributed by atoms with Crippen molar-refractivity contribution in [1.82, 2.24) is 0 Å². The third-order valence-electron chi connectivity index (χ3n) is 4.71. The van der Waals surface area contributed by atoms with Crippen LogP contribution in [0.25, 0.3) is 0 Å². The van der Waals surface area contributed by atoms with E-state index < -0.39 is 5.97 Å². The van der Waals surface area contributed by atoms with Crippen LogP contribution in [0.2, 0.25) is 0 Å². The summed E-state index contributed by atoms with van der Waals surface area (Å²) >= 11 is 0. The first-order chi connectivity index (χ1) is 13.2. The van der Waals surface area contributed by atoms with Crippen LogP contribution in [0.15, 0.2) is 25.0 Å². The highest BCUT2D eigenvalue weighted by Gasteiger charge is 1.97. The minimum absolute atomic E-state index is 0.323. The summed E-state index contributed by atoms with van der Waals surface area (Å²) in [5.41, 5.74) is 0. The van der Waals surface area contributed by atoms with Gasteiger partial charge in [0.1, 0.15) is 0 Å². The second-order valence-corrected chi connectivity index (χ2v) is 7.24. The van der Waals surface area contributed by atoms with Crippen LogP contribution < -0.4 is 0 Å². The maximum absolute atomic E-state index is 11.0. The van der Waals surface area contributed by atoms with Crippen LogP contribution in [0.3, 0.4) is 0 Å². The molecule has 4 heteroatoms. The Morgan fingerprint density at radius 1 is 0.704 bits per heavy atom. The highest BCUT2D eigenvalue weighted by molar-refractivity contribution is 5.82. The van der Waals surface area contributed by atoms with Gasteiger partial charge >= 0.3 is 11.9 Å². The van der Waals surface area contributed by atoms with Gasteiger partial charge in [-0.15, -0.1) is 0 Å². The molecule has 0 rings (SSSR count). The standard InChI is InChI=1S/C23H40O4/c1-2-27-23(26)21-19-17-15-13-11-9-7-5-3-4-6-8-10-12-14-16-18-20-22(24)25/h2,19,21H,1,3-18,20H2,(H,24,25). The Hall–Kier alpha value is -1.58. The van der Waals surface area contributed by atoms with E-state index in [1.807, 2.05) is 6.08 Å². The Morgan fingerprint density at radius 3 is 1.52 bits per heavy atom. The lowest BCUT2D eigenvalue weighted by Crippen LogP contribution is -1.93. The van der Waals surface area contributed by atoms with Gasteiger partial charge in [0.05, 0.1) is 6.26 Å². The van der Waals surface area contributed by atoms with Crippen LogP contribution in [0.4, 0.5) is 0 Å². The molecule has 0 aliphatic carbocycles. The molecular weight excluding hydrogens is 340 g/mol. The second-order valence-electron chi connectivity index (χ2n) is 7.24. The summed E-state index contributed by atoms with van der Waals surface area (Å²) in [5, 5.41) is 8.56.